The van der Waals surface area contributed by atoms with Crippen molar-refractivity contribution < 1.29 is 19.1 Å². The van der Waals surface area contributed by atoms with E-state index in [1.54, 1.807) is 0 Å². The number of carbonyl (C=O) groups excluding carboxylic acids is 2. The number of ether oxygens (including phenoxy) is 2. The zero-order valence-electron chi connectivity index (χ0n) is 11.5. The van der Waals surface area contributed by atoms with Gasteiger partial charge in [0, 0.05) is 0 Å². The summed E-state index contributed by atoms with van der Waals surface area (Å²) >= 11 is 0. The number of nitrogens with zero attached hydrogens (tertiary/aromatic N) is 2. The van der Waals surface area contributed by atoms with Crippen molar-refractivity contribution in [2.45, 2.75) is 12.5 Å². The van der Waals surface area contributed by atoms with Gasteiger partial charge >= 0.3 is 6.03 Å². The van der Waals surface area contributed by atoms with Gasteiger partial charge in [-0.2, -0.15) is 0 Å². The summed E-state index contributed by atoms with van der Waals surface area (Å²) in [5.74, 6) is 4.10. The molecule has 3 amide bonds. The highest BCUT2D eigenvalue weighted by atomic mass is 16.5. The predicted molar refractivity (Wildman–Crippen MR) is 76.5 cm³/mol. The largest absolute Gasteiger partial charge is 0.342 e. The summed E-state index contributed by atoms with van der Waals surface area (Å²) in [4.78, 5) is 26.4. The number of rotatable bonds is 8. The topological polar surface area (TPSA) is 59.1 Å². The Morgan fingerprint density at radius 1 is 1.14 bits per heavy atom. The number of amides is 3. The number of terminal acetylenes is 2. The Morgan fingerprint density at radius 3 is 2.14 bits per heavy atom. The van der Waals surface area contributed by atoms with Crippen LogP contribution in [0.5, 0.6) is 0 Å². The number of hydrogen-bond donors (Lipinski definition) is 0. The zero-order chi connectivity index (χ0) is 15.8. The van der Waals surface area contributed by atoms with Crippen molar-refractivity contribution in [2.24, 2.45) is 0 Å². The molecule has 0 spiro atoms. The van der Waals surface area contributed by atoms with Gasteiger partial charge in [0.2, 0.25) is 0 Å². The summed E-state index contributed by atoms with van der Waals surface area (Å²) in [5.41, 5.74) is 0. The lowest BCUT2D eigenvalue weighted by Gasteiger charge is -2.26. The quantitative estimate of drug-likeness (QED) is 0.372. The average molecular weight is 288 g/mol. The third-order valence-electron chi connectivity index (χ3n) is 2.67. The Labute approximate surface area is 124 Å². The number of imide groups is 1. The van der Waals surface area contributed by atoms with E-state index >= 15 is 0 Å². The second kappa shape index (κ2) is 7.91. The smallest absolute Gasteiger partial charge is 0.331 e. The molecule has 21 heavy (non-hydrogen) atoms. The van der Waals surface area contributed by atoms with Gasteiger partial charge in [0.15, 0.2) is 12.5 Å². The summed E-state index contributed by atoms with van der Waals surface area (Å²) in [7, 11) is 0. The molecule has 1 fully saturated rings. The van der Waals surface area contributed by atoms with E-state index in [2.05, 4.69) is 25.0 Å². The molecule has 0 bridgehead atoms. The molecular weight excluding hydrogens is 272 g/mol. The van der Waals surface area contributed by atoms with Crippen LogP contribution >= 0.6 is 0 Å². The minimum atomic E-state index is -0.927. The second-order valence-corrected chi connectivity index (χ2v) is 3.96. The van der Waals surface area contributed by atoms with Gasteiger partial charge in [-0.3, -0.25) is 9.69 Å². The van der Waals surface area contributed by atoms with Crippen LogP contribution in [-0.2, 0) is 14.3 Å². The van der Waals surface area contributed by atoms with Gasteiger partial charge in [-0.1, -0.05) is 25.0 Å². The monoisotopic (exact) mass is 288 g/mol. The van der Waals surface area contributed by atoms with E-state index in [-0.39, 0.29) is 19.8 Å². The first-order valence-electron chi connectivity index (χ1n) is 6.08. The zero-order valence-corrected chi connectivity index (χ0v) is 11.5. The highest BCUT2D eigenvalue weighted by molar-refractivity contribution is 6.02. The van der Waals surface area contributed by atoms with Gasteiger partial charge in [0.05, 0.1) is 0 Å². The fourth-order valence-electron chi connectivity index (χ4n) is 1.78. The Hall–Kier alpha value is -2.54. The van der Waals surface area contributed by atoms with Gasteiger partial charge < -0.3 is 9.47 Å². The van der Waals surface area contributed by atoms with Crippen LogP contribution in [0.3, 0.4) is 0 Å². The number of urea groups is 1. The molecule has 1 rings (SSSR count). The molecule has 1 heterocycles. The molecule has 0 aromatic rings. The summed E-state index contributed by atoms with van der Waals surface area (Å²) in [6, 6.07) is -0.580. The first-order valence-corrected chi connectivity index (χ1v) is 6.08. The van der Waals surface area contributed by atoms with Gasteiger partial charge in [-0.05, 0) is 12.2 Å². The lowest BCUT2D eigenvalue weighted by molar-refractivity contribution is -0.132. The van der Waals surface area contributed by atoms with E-state index in [4.69, 9.17) is 22.3 Å². The average Bonchev–Trinajstić information content (AvgIpc) is 2.77. The van der Waals surface area contributed by atoms with Crippen molar-refractivity contribution >= 4 is 11.9 Å². The second-order valence-electron chi connectivity index (χ2n) is 3.96. The summed E-state index contributed by atoms with van der Waals surface area (Å²) in [6.07, 6.45) is 11.2. The van der Waals surface area contributed by atoms with Crippen LogP contribution in [0, 0.1) is 24.7 Å². The van der Waals surface area contributed by atoms with E-state index in [0.29, 0.717) is 0 Å². The number of hydrogen-bond acceptors (Lipinski definition) is 4. The van der Waals surface area contributed by atoms with Crippen molar-refractivity contribution in [3.63, 3.8) is 0 Å². The third kappa shape index (κ3) is 3.73. The molecule has 6 heteroatoms. The molecule has 2 unspecified atom stereocenters. The Bertz CT molecular complexity index is 515. The standard InChI is InChI=1S/C15H16N2O4/c1-5-9-20-13(7-3)16-11-12(18)17(15(16)19)14(8-4)21-10-6-2/h1-2,7-8,13-14H,3-4,9-11H2. The summed E-state index contributed by atoms with van der Waals surface area (Å²) in [6.45, 7) is 6.87. The maximum absolute atomic E-state index is 12.3. The number of carbonyl (C=O) groups is 2. The molecule has 0 radical (unpaired) electrons. The lowest BCUT2D eigenvalue weighted by atomic mass is 10.4. The van der Waals surface area contributed by atoms with Crippen molar-refractivity contribution in [3.8, 4) is 24.7 Å². The highest BCUT2D eigenvalue weighted by Gasteiger charge is 2.42. The lowest BCUT2D eigenvalue weighted by Crippen LogP contribution is -2.44. The molecule has 2 atom stereocenters. The van der Waals surface area contributed by atoms with Crippen molar-refractivity contribution in [2.75, 3.05) is 19.8 Å². The Morgan fingerprint density at radius 2 is 1.67 bits per heavy atom. The maximum atomic E-state index is 12.3. The van der Waals surface area contributed by atoms with E-state index in [0.717, 1.165) is 4.90 Å². The minimum absolute atomic E-state index is 0.00681. The summed E-state index contributed by atoms with van der Waals surface area (Å²) in [5, 5.41) is 0. The Kier molecular flexibility index (Phi) is 6.22. The fourth-order valence-corrected chi connectivity index (χ4v) is 1.78. The van der Waals surface area contributed by atoms with Crippen LogP contribution in [0.4, 0.5) is 4.79 Å². The summed E-state index contributed by atoms with van der Waals surface area (Å²) < 4.78 is 10.5. The first kappa shape index (κ1) is 16.5. The van der Waals surface area contributed by atoms with Crippen molar-refractivity contribution in [3.05, 3.63) is 25.3 Å². The van der Waals surface area contributed by atoms with E-state index in [1.165, 1.54) is 17.1 Å². The fraction of sp³-hybridized carbons (Fsp3) is 0.333. The van der Waals surface area contributed by atoms with E-state index < -0.39 is 24.4 Å². The molecule has 0 aromatic heterocycles. The molecule has 1 aliphatic rings. The van der Waals surface area contributed by atoms with E-state index in [1.807, 2.05) is 0 Å². The van der Waals surface area contributed by atoms with Crippen LogP contribution in [0.1, 0.15) is 0 Å². The minimum Gasteiger partial charge on any atom is -0.342 e. The van der Waals surface area contributed by atoms with Crippen LogP contribution in [0.15, 0.2) is 25.3 Å². The van der Waals surface area contributed by atoms with Crippen molar-refractivity contribution in [1.82, 2.24) is 9.80 Å². The SMILES string of the molecule is C#CCOC(C=C)N1CC(=O)N(C(C=C)OCC#C)C1=O. The van der Waals surface area contributed by atoms with Gasteiger partial charge in [-0.25, -0.2) is 9.69 Å². The molecule has 0 aromatic carbocycles. The third-order valence-corrected chi connectivity index (χ3v) is 2.67. The molecule has 1 saturated heterocycles. The molecule has 0 aliphatic carbocycles. The van der Waals surface area contributed by atoms with Crippen LogP contribution in [-0.4, -0.2) is 54.0 Å². The molecule has 110 valence electrons. The van der Waals surface area contributed by atoms with Crippen LogP contribution in [0.25, 0.3) is 0 Å². The van der Waals surface area contributed by atoms with Gasteiger partial charge in [0.25, 0.3) is 5.91 Å². The van der Waals surface area contributed by atoms with Gasteiger partial charge in [-0.15, -0.1) is 12.8 Å². The van der Waals surface area contributed by atoms with Gasteiger partial charge in [0.1, 0.15) is 19.8 Å². The predicted octanol–water partition coefficient (Wildman–Crippen LogP) is 0.574. The van der Waals surface area contributed by atoms with Crippen LogP contribution < -0.4 is 0 Å². The molecule has 0 N–H and O–H groups in total. The molecule has 6 nitrogen and oxygen atoms in total. The molecule has 0 saturated carbocycles. The van der Waals surface area contributed by atoms with E-state index in [9.17, 15) is 9.59 Å². The Balaban J connectivity index is 2.87. The first-order chi connectivity index (χ1) is 10.1. The normalized spacial score (nSPS) is 17.0. The highest BCUT2D eigenvalue weighted by Crippen LogP contribution is 2.19. The molecular formula is C15H16N2O4. The van der Waals surface area contributed by atoms with Crippen molar-refractivity contribution in [1.29, 1.82) is 0 Å². The molecule has 1 aliphatic heterocycles. The maximum Gasteiger partial charge on any atom is 0.331 e. The van der Waals surface area contributed by atoms with Crippen LogP contribution in [0.2, 0.25) is 0 Å².